The van der Waals surface area contributed by atoms with Crippen LogP contribution in [0, 0.1) is 3.57 Å². The number of nitrogens with two attached hydrogens (primary N) is 1. The molecule has 0 fully saturated rings. The monoisotopic (exact) mass is 323 g/mol. The van der Waals surface area contributed by atoms with E-state index in [1.165, 1.54) is 14.7 Å². The van der Waals surface area contributed by atoms with Crippen LogP contribution in [0.1, 0.15) is 17.2 Å². The first kappa shape index (κ1) is 11.6. The second-order valence-electron chi connectivity index (χ2n) is 3.82. The van der Waals surface area contributed by atoms with E-state index < -0.39 is 0 Å². The lowest BCUT2D eigenvalue weighted by molar-refractivity contribution is 0.718. The maximum atomic E-state index is 6.22. The highest BCUT2D eigenvalue weighted by molar-refractivity contribution is 14.1. The molecule has 0 spiro atoms. The van der Waals surface area contributed by atoms with E-state index in [0.717, 1.165) is 6.42 Å². The Bertz CT molecular complexity index is 453. The second-order valence-corrected chi connectivity index (χ2v) is 4.98. The molecule has 0 radical (unpaired) electrons. The van der Waals surface area contributed by atoms with Gasteiger partial charge < -0.3 is 5.73 Å². The molecular weight excluding hydrogens is 309 g/mol. The Balaban J connectivity index is 2.15. The van der Waals surface area contributed by atoms with Gasteiger partial charge in [0, 0.05) is 9.61 Å². The van der Waals surface area contributed by atoms with Crippen LogP contribution in [-0.2, 0) is 6.42 Å². The fourth-order valence-electron chi connectivity index (χ4n) is 1.75. The van der Waals surface area contributed by atoms with Crippen LogP contribution in [0.25, 0.3) is 0 Å². The molecule has 2 aromatic carbocycles. The van der Waals surface area contributed by atoms with Gasteiger partial charge in [-0.15, -0.1) is 0 Å². The van der Waals surface area contributed by atoms with Crippen molar-refractivity contribution in [2.75, 3.05) is 0 Å². The van der Waals surface area contributed by atoms with Gasteiger partial charge in [0.15, 0.2) is 0 Å². The number of benzene rings is 2. The van der Waals surface area contributed by atoms with Crippen LogP contribution in [0.2, 0.25) is 0 Å². The van der Waals surface area contributed by atoms with Gasteiger partial charge in [0.2, 0.25) is 0 Å². The number of rotatable bonds is 3. The lowest BCUT2D eigenvalue weighted by Gasteiger charge is -2.13. The van der Waals surface area contributed by atoms with Crippen LogP contribution in [0.4, 0.5) is 0 Å². The summed E-state index contributed by atoms with van der Waals surface area (Å²) in [6, 6.07) is 18.7. The molecule has 0 aliphatic heterocycles. The van der Waals surface area contributed by atoms with E-state index in [1.54, 1.807) is 0 Å². The molecule has 0 amide bonds. The summed E-state index contributed by atoms with van der Waals surface area (Å²) in [7, 11) is 0. The van der Waals surface area contributed by atoms with E-state index in [1.807, 2.05) is 18.2 Å². The zero-order valence-electron chi connectivity index (χ0n) is 8.94. The SMILES string of the molecule is NC(Cc1ccccc1)c1ccccc1I. The molecule has 0 saturated carbocycles. The van der Waals surface area contributed by atoms with Crippen molar-refractivity contribution in [3.63, 3.8) is 0 Å². The summed E-state index contributed by atoms with van der Waals surface area (Å²) in [6.45, 7) is 0. The van der Waals surface area contributed by atoms with E-state index in [0.29, 0.717) is 0 Å². The molecule has 1 atom stereocenters. The van der Waals surface area contributed by atoms with Crippen molar-refractivity contribution in [2.45, 2.75) is 12.5 Å². The van der Waals surface area contributed by atoms with Crippen LogP contribution in [0.3, 0.4) is 0 Å². The average Bonchev–Trinajstić information content (AvgIpc) is 2.31. The minimum Gasteiger partial charge on any atom is -0.324 e. The molecule has 2 heteroatoms. The quantitative estimate of drug-likeness (QED) is 0.859. The second kappa shape index (κ2) is 5.46. The third-order valence-corrected chi connectivity index (χ3v) is 3.59. The van der Waals surface area contributed by atoms with Crippen molar-refractivity contribution < 1.29 is 0 Å². The van der Waals surface area contributed by atoms with Gasteiger partial charge in [0.25, 0.3) is 0 Å². The Morgan fingerprint density at radius 3 is 2.25 bits per heavy atom. The summed E-state index contributed by atoms with van der Waals surface area (Å²) in [5, 5.41) is 0. The molecule has 1 nitrogen and oxygen atoms in total. The number of halogens is 1. The van der Waals surface area contributed by atoms with Gasteiger partial charge >= 0.3 is 0 Å². The normalized spacial score (nSPS) is 12.4. The Morgan fingerprint density at radius 2 is 1.56 bits per heavy atom. The van der Waals surface area contributed by atoms with Gasteiger partial charge in [-0.3, -0.25) is 0 Å². The first-order valence-electron chi connectivity index (χ1n) is 5.31. The zero-order chi connectivity index (χ0) is 11.4. The first-order chi connectivity index (χ1) is 7.77. The van der Waals surface area contributed by atoms with E-state index in [2.05, 4.69) is 59.0 Å². The summed E-state index contributed by atoms with van der Waals surface area (Å²) in [4.78, 5) is 0. The van der Waals surface area contributed by atoms with Crippen LogP contribution in [0.5, 0.6) is 0 Å². The van der Waals surface area contributed by atoms with Gasteiger partial charge in [0.05, 0.1) is 0 Å². The lowest BCUT2D eigenvalue weighted by atomic mass is 10.00. The summed E-state index contributed by atoms with van der Waals surface area (Å²) < 4.78 is 1.24. The zero-order valence-corrected chi connectivity index (χ0v) is 11.1. The number of hydrogen-bond acceptors (Lipinski definition) is 1. The summed E-state index contributed by atoms with van der Waals surface area (Å²) in [5.41, 5.74) is 8.74. The maximum Gasteiger partial charge on any atom is 0.0346 e. The Morgan fingerprint density at radius 1 is 0.938 bits per heavy atom. The van der Waals surface area contributed by atoms with E-state index in [-0.39, 0.29) is 6.04 Å². The fraction of sp³-hybridized carbons (Fsp3) is 0.143. The number of hydrogen-bond donors (Lipinski definition) is 1. The van der Waals surface area contributed by atoms with Gasteiger partial charge in [0.1, 0.15) is 0 Å². The molecule has 1 unspecified atom stereocenters. The summed E-state index contributed by atoms with van der Waals surface area (Å²) in [5.74, 6) is 0. The standard InChI is InChI=1S/C14H14IN/c15-13-9-5-4-8-12(13)14(16)10-11-6-2-1-3-7-11/h1-9,14H,10,16H2. The summed E-state index contributed by atoms with van der Waals surface area (Å²) >= 11 is 2.34. The van der Waals surface area contributed by atoms with E-state index in [4.69, 9.17) is 5.73 Å². The third-order valence-electron chi connectivity index (χ3n) is 2.60. The van der Waals surface area contributed by atoms with E-state index >= 15 is 0 Å². The molecule has 0 aliphatic carbocycles. The topological polar surface area (TPSA) is 26.0 Å². The van der Waals surface area contributed by atoms with Crippen LogP contribution < -0.4 is 5.73 Å². The van der Waals surface area contributed by atoms with Crippen molar-refractivity contribution in [1.29, 1.82) is 0 Å². The predicted octanol–water partition coefficient (Wildman–Crippen LogP) is 3.53. The minimum absolute atomic E-state index is 0.0792. The van der Waals surface area contributed by atoms with Gasteiger partial charge in [-0.25, -0.2) is 0 Å². The first-order valence-corrected chi connectivity index (χ1v) is 6.39. The van der Waals surface area contributed by atoms with Crippen molar-refractivity contribution in [3.8, 4) is 0 Å². The lowest BCUT2D eigenvalue weighted by Crippen LogP contribution is -2.14. The van der Waals surface area contributed by atoms with Gasteiger partial charge in [-0.05, 0) is 46.2 Å². The van der Waals surface area contributed by atoms with Crippen LogP contribution in [0.15, 0.2) is 54.6 Å². The predicted molar refractivity (Wildman–Crippen MR) is 76.2 cm³/mol. The highest BCUT2D eigenvalue weighted by Gasteiger charge is 2.09. The molecule has 0 saturated heterocycles. The molecule has 2 aromatic rings. The molecule has 0 aromatic heterocycles. The minimum atomic E-state index is 0.0792. The van der Waals surface area contributed by atoms with Crippen molar-refractivity contribution in [2.24, 2.45) is 5.73 Å². The van der Waals surface area contributed by atoms with Crippen molar-refractivity contribution >= 4 is 22.6 Å². The van der Waals surface area contributed by atoms with Crippen LogP contribution in [-0.4, -0.2) is 0 Å². The maximum absolute atomic E-state index is 6.22. The smallest absolute Gasteiger partial charge is 0.0346 e. The van der Waals surface area contributed by atoms with Crippen LogP contribution >= 0.6 is 22.6 Å². The average molecular weight is 323 g/mol. The molecule has 0 heterocycles. The summed E-state index contributed by atoms with van der Waals surface area (Å²) in [6.07, 6.45) is 0.890. The van der Waals surface area contributed by atoms with Crippen molar-refractivity contribution in [1.82, 2.24) is 0 Å². The highest BCUT2D eigenvalue weighted by Crippen LogP contribution is 2.21. The molecule has 82 valence electrons. The fourth-order valence-corrected chi connectivity index (χ4v) is 2.54. The molecular formula is C14H14IN. The molecule has 2 N–H and O–H groups in total. The van der Waals surface area contributed by atoms with E-state index in [9.17, 15) is 0 Å². The Labute approximate surface area is 110 Å². The Hall–Kier alpha value is -0.870. The highest BCUT2D eigenvalue weighted by atomic mass is 127. The molecule has 2 rings (SSSR count). The van der Waals surface area contributed by atoms with Crippen molar-refractivity contribution in [3.05, 3.63) is 69.3 Å². The molecule has 0 bridgehead atoms. The van der Waals surface area contributed by atoms with Gasteiger partial charge in [-0.1, -0.05) is 48.5 Å². The Kier molecular flexibility index (Phi) is 3.96. The van der Waals surface area contributed by atoms with Gasteiger partial charge in [-0.2, -0.15) is 0 Å². The molecule has 0 aliphatic rings. The molecule has 16 heavy (non-hydrogen) atoms. The largest absolute Gasteiger partial charge is 0.324 e. The third kappa shape index (κ3) is 2.83.